The molecule has 0 amide bonds. The number of hydrogen-bond acceptors (Lipinski definition) is 1. The van der Waals surface area contributed by atoms with Crippen molar-refractivity contribution in [1.29, 1.82) is 0 Å². The first-order valence-electron chi connectivity index (χ1n) is 2.37. The second kappa shape index (κ2) is 2.21. The molecule has 0 spiro atoms. The minimum atomic E-state index is 0.910. The lowest BCUT2D eigenvalue weighted by molar-refractivity contribution is 0.478. The van der Waals surface area contributed by atoms with Gasteiger partial charge in [-0.2, -0.15) is 0 Å². The van der Waals surface area contributed by atoms with Crippen molar-refractivity contribution in [3.8, 4) is 0 Å². The van der Waals surface area contributed by atoms with E-state index in [1.54, 1.807) is 12.3 Å². The molecule has 2 nitrogen and oxygen atoms in total. The molecule has 0 aliphatic heterocycles. The molecule has 0 bridgehead atoms. The predicted octanol–water partition coefficient (Wildman–Crippen LogP) is 1.54. The molecule has 1 aromatic rings. The van der Waals surface area contributed by atoms with Crippen LogP contribution in [0.1, 0.15) is 5.69 Å². The summed E-state index contributed by atoms with van der Waals surface area (Å²) in [7, 11) is 0. The summed E-state index contributed by atoms with van der Waals surface area (Å²) in [4.78, 5) is 2.89. The maximum atomic E-state index is 8.24. The number of H-pyrrole nitrogens is 1. The lowest BCUT2D eigenvalue weighted by atomic mass is 10.4. The van der Waals surface area contributed by atoms with Gasteiger partial charge in [-0.1, -0.05) is 0 Å². The molecule has 42 valence electrons. The topological polar surface area (TPSA) is 36.0 Å². The van der Waals surface area contributed by atoms with Crippen LogP contribution in [0.2, 0.25) is 0 Å². The molecule has 1 aromatic heterocycles. The van der Waals surface area contributed by atoms with Crippen molar-refractivity contribution in [3.63, 3.8) is 0 Å². The molecular formula is C6H7NO. The Morgan fingerprint density at radius 3 is 3.00 bits per heavy atom. The summed E-state index contributed by atoms with van der Waals surface area (Å²) in [5.74, 6) is 0. The van der Waals surface area contributed by atoms with Gasteiger partial charge in [0.15, 0.2) is 0 Å². The normalized spacial score (nSPS) is 10.5. The van der Waals surface area contributed by atoms with E-state index in [2.05, 4.69) is 4.98 Å². The van der Waals surface area contributed by atoms with E-state index in [0.717, 1.165) is 12.0 Å². The van der Waals surface area contributed by atoms with Crippen LogP contribution < -0.4 is 0 Å². The van der Waals surface area contributed by atoms with Crippen molar-refractivity contribution in [1.82, 2.24) is 4.98 Å². The first kappa shape index (κ1) is 4.97. The molecule has 2 heteroatoms. The SMILES string of the molecule is OC=Cc1ccc[nH]1. The summed E-state index contributed by atoms with van der Waals surface area (Å²) < 4.78 is 0. The predicted molar refractivity (Wildman–Crippen MR) is 32.5 cm³/mol. The molecule has 0 aromatic carbocycles. The van der Waals surface area contributed by atoms with Crippen molar-refractivity contribution in [2.45, 2.75) is 0 Å². The summed E-state index contributed by atoms with van der Waals surface area (Å²) in [6, 6.07) is 3.74. The second-order valence-corrected chi connectivity index (χ2v) is 1.44. The van der Waals surface area contributed by atoms with Crippen LogP contribution in [-0.2, 0) is 0 Å². The molecule has 0 radical (unpaired) electrons. The first-order chi connectivity index (χ1) is 3.93. The number of aliphatic hydroxyl groups is 1. The minimum Gasteiger partial charge on any atom is -0.516 e. The standard InChI is InChI=1S/C6H7NO/c8-5-3-6-2-1-4-7-6/h1-5,7-8H. The zero-order chi connectivity index (χ0) is 5.82. The molecule has 1 heterocycles. The van der Waals surface area contributed by atoms with Gasteiger partial charge in [-0.05, 0) is 18.2 Å². The molecule has 0 saturated carbocycles. The molecule has 0 atom stereocenters. The molecule has 0 aliphatic carbocycles. The van der Waals surface area contributed by atoms with Gasteiger partial charge in [0.05, 0.1) is 6.26 Å². The monoisotopic (exact) mass is 109 g/mol. The fourth-order valence-electron chi connectivity index (χ4n) is 0.528. The Bertz CT molecular complexity index is 165. The van der Waals surface area contributed by atoms with E-state index in [-0.39, 0.29) is 0 Å². The van der Waals surface area contributed by atoms with E-state index in [9.17, 15) is 0 Å². The van der Waals surface area contributed by atoms with Gasteiger partial charge in [0.25, 0.3) is 0 Å². The molecule has 1 rings (SSSR count). The summed E-state index contributed by atoms with van der Waals surface area (Å²) in [6.07, 6.45) is 4.39. The van der Waals surface area contributed by atoms with Crippen molar-refractivity contribution >= 4 is 6.08 Å². The summed E-state index contributed by atoms with van der Waals surface area (Å²) in [5.41, 5.74) is 0.910. The van der Waals surface area contributed by atoms with Gasteiger partial charge in [0, 0.05) is 11.9 Å². The van der Waals surface area contributed by atoms with Crippen LogP contribution in [0.15, 0.2) is 24.6 Å². The minimum absolute atomic E-state index is 0.910. The van der Waals surface area contributed by atoms with Crippen LogP contribution >= 0.6 is 0 Å². The van der Waals surface area contributed by atoms with Gasteiger partial charge in [-0.3, -0.25) is 0 Å². The largest absolute Gasteiger partial charge is 0.516 e. The highest BCUT2D eigenvalue weighted by molar-refractivity contribution is 5.42. The van der Waals surface area contributed by atoms with Crippen molar-refractivity contribution in [2.24, 2.45) is 0 Å². The van der Waals surface area contributed by atoms with Crippen LogP contribution in [-0.4, -0.2) is 10.1 Å². The Morgan fingerprint density at radius 2 is 2.50 bits per heavy atom. The van der Waals surface area contributed by atoms with Crippen molar-refractivity contribution < 1.29 is 5.11 Å². The fraction of sp³-hybridized carbons (Fsp3) is 0. The zero-order valence-electron chi connectivity index (χ0n) is 4.33. The van der Waals surface area contributed by atoms with Gasteiger partial charge in [0.2, 0.25) is 0 Å². The number of nitrogens with one attached hydrogen (secondary N) is 1. The van der Waals surface area contributed by atoms with Gasteiger partial charge in [0.1, 0.15) is 0 Å². The van der Waals surface area contributed by atoms with E-state index in [1.807, 2.05) is 12.1 Å². The lowest BCUT2D eigenvalue weighted by Crippen LogP contribution is -1.64. The van der Waals surface area contributed by atoms with Gasteiger partial charge in [-0.25, -0.2) is 0 Å². The van der Waals surface area contributed by atoms with Crippen LogP contribution in [0.25, 0.3) is 6.08 Å². The molecule has 2 N–H and O–H groups in total. The van der Waals surface area contributed by atoms with E-state index in [4.69, 9.17) is 5.11 Å². The summed E-state index contributed by atoms with van der Waals surface area (Å²) in [5, 5.41) is 8.24. The van der Waals surface area contributed by atoms with Crippen molar-refractivity contribution in [2.75, 3.05) is 0 Å². The molecule has 0 saturated heterocycles. The number of aromatic amines is 1. The highest BCUT2D eigenvalue weighted by Crippen LogP contribution is 1.94. The number of aromatic nitrogens is 1. The number of rotatable bonds is 1. The first-order valence-corrected chi connectivity index (χ1v) is 2.37. The highest BCUT2D eigenvalue weighted by atomic mass is 16.2. The molecule has 8 heavy (non-hydrogen) atoms. The maximum Gasteiger partial charge on any atom is 0.0812 e. The zero-order valence-corrected chi connectivity index (χ0v) is 4.33. The van der Waals surface area contributed by atoms with Gasteiger partial charge >= 0.3 is 0 Å². The molecule has 0 aliphatic rings. The Labute approximate surface area is 47.5 Å². The van der Waals surface area contributed by atoms with Gasteiger partial charge in [-0.15, -0.1) is 0 Å². The van der Waals surface area contributed by atoms with Crippen LogP contribution in [0.3, 0.4) is 0 Å². The van der Waals surface area contributed by atoms with Crippen LogP contribution in [0, 0.1) is 0 Å². The Morgan fingerprint density at radius 1 is 1.62 bits per heavy atom. The summed E-state index contributed by atoms with van der Waals surface area (Å²) >= 11 is 0. The third-order valence-corrected chi connectivity index (χ3v) is 0.876. The molecule has 0 unspecified atom stereocenters. The fourth-order valence-corrected chi connectivity index (χ4v) is 0.528. The Balaban J connectivity index is 2.77. The van der Waals surface area contributed by atoms with E-state index in [1.165, 1.54) is 0 Å². The second-order valence-electron chi connectivity index (χ2n) is 1.44. The van der Waals surface area contributed by atoms with Crippen LogP contribution in [0.5, 0.6) is 0 Å². The van der Waals surface area contributed by atoms with Crippen molar-refractivity contribution in [3.05, 3.63) is 30.3 Å². The number of hydrogen-bond donors (Lipinski definition) is 2. The summed E-state index contributed by atoms with van der Waals surface area (Å²) in [6.45, 7) is 0. The quantitative estimate of drug-likeness (QED) is 0.527. The Kier molecular flexibility index (Phi) is 1.37. The molecular weight excluding hydrogens is 102 g/mol. The average Bonchev–Trinajstić information content (AvgIpc) is 2.19. The highest BCUT2D eigenvalue weighted by Gasteiger charge is 1.79. The van der Waals surface area contributed by atoms with E-state index in [0.29, 0.717) is 0 Å². The lowest BCUT2D eigenvalue weighted by Gasteiger charge is -1.77. The van der Waals surface area contributed by atoms with E-state index < -0.39 is 0 Å². The Hall–Kier alpha value is -1.18. The average molecular weight is 109 g/mol. The smallest absolute Gasteiger partial charge is 0.0812 e. The molecule has 0 fully saturated rings. The maximum absolute atomic E-state index is 8.24. The van der Waals surface area contributed by atoms with Crippen LogP contribution in [0.4, 0.5) is 0 Å². The van der Waals surface area contributed by atoms with E-state index >= 15 is 0 Å². The number of aliphatic hydroxyl groups excluding tert-OH is 1. The third-order valence-electron chi connectivity index (χ3n) is 0.876. The van der Waals surface area contributed by atoms with Gasteiger partial charge < -0.3 is 10.1 Å². The third kappa shape index (κ3) is 0.904.